The maximum atomic E-state index is 12.6. The normalized spacial score (nSPS) is 17.6. The summed E-state index contributed by atoms with van der Waals surface area (Å²) < 4.78 is 43.3. The van der Waals surface area contributed by atoms with Gasteiger partial charge in [0.25, 0.3) is 0 Å². The van der Waals surface area contributed by atoms with E-state index in [9.17, 15) is 18.0 Å². The third kappa shape index (κ3) is 4.46. The molecule has 5 nitrogen and oxygen atoms in total. The Morgan fingerprint density at radius 1 is 1.24 bits per heavy atom. The number of nitrogens with zero attached hydrogens (tertiary/aromatic N) is 3. The lowest BCUT2D eigenvalue weighted by Crippen LogP contribution is -2.32. The van der Waals surface area contributed by atoms with Crippen molar-refractivity contribution in [2.24, 2.45) is 0 Å². The van der Waals surface area contributed by atoms with E-state index in [0.717, 1.165) is 12.1 Å². The van der Waals surface area contributed by atoms with Gasteiger partial charge < -0.3 is 9.64 Å². The van der Waals surface area contributed by atoms with E-state index in [1.54, 1.807) is 11.1 Å². The number of alkyl halides is 3. The molecule has 1 fully saturated rings. The predicted octanol–water partition coefficient (Wildman–Crippen LogP) is 2.72. The zero-order chi connectivity index (χ0) is 17.9. The first-order valence-electron chi connectivity index (χ1n) is 7.78. The number of benzene rings is 1. The lowest BCUT2D eigenvalue weighted by molar-refractivity contribution is -0.137. The van der Waals surface area contributed by atoms with Crippen LogP contribution in [0.15, 0.2) is 42.9 Å². The number of likely N-dealkylation sites (tertiary alicyclic amines) is 1. The number of amides is 1. The number of hydrogen-bond donors (Lipinski definition) is 0. The standard InChI is InChI=1S/C17H16F3N3O2/c18-17(19,20)13-3-1-12(2-4-13)9-16(24)23-8-5-14(11-23)25-15-10-21-6-7-22-15/h1-4,6-7,10,14H,5,8-9,11H2. The van der Waals surface area contributed by atoms with Gasteiger partial charge in [0.2, 0.25) is 11.8 Å². The minimum absolute atomic E-state index is 0.0655. The van der Waals surface area contributed by atoms with Crippen molar-refractivity contribution in [1.29, 1.82) is 0 Å². The average Bonchev–Trinajstić information content (AvgIpc) is 3.04. The molecule has 1 aliphatic heterocycles. The molecule has 3 rings (SSSR count). The van der Waals surface area contributed by atoms with Gasteiger partial charge in [-0.2, -0.15) is 13.2 Å². The third-order valence-electron chi connectivity index (χ3n) is 3.96. The second-order valence-electron chi connectivity index (χ2n) is 5.78. The molecule has 1 aliphatic rings. The summed E-state index contributed by atoms with van der Waals surface area (Å²) in [6.45, 7) is 0.973. The van der Waals surface area contributed by atoms with E-state index in [4.69, 9.17) is 4.74 Å². The average molecular weight is 351 g/mol. The predicted molar refractivity (Wildman–Crippen MR) is 82.8 cm³/mol. The van der Waals surface area contributed by atoms with E-state index in [2.05, 4.69) is 9.97 Å². The zero-order valence-corrected chi connectivity index (χ0v) is 13.2. The van der Waals surface area contributed by atoms with Crippen LogP contribution < -0.4 is 4.74 Å². The van der Waals surface area contributed by atoms with Crippen molar-refractivity contribution in [3.8, 4) is 5.88 Å². The molecular weight excluding hydrogens is 335 g/mol. The Bertz CT molecular complexity index is 720. The largest absolute Gasteiger partial charge is 0.471 e. The summed E-state index contributed by atoms with van der Waals surface area (Å²) in [6.07, 6.45) is 0.785. The number of carbonyl (C=O) groups excluding carboxylic acids is 1. The summed E-state index contributed by atoms with van der Waals surface area (Å²) in [5.74, 6) is 0.273. The molecule has 0 aliphatic carbocycles. The molecule has 25 heavy (non-hydrogen) atoms. The summed E-state index contributed by atoms with van der Waals surface area (Å²) >= 11 is 0. The molecular formula is C17H16F3N3O2. The van der Waals surface area contributed by atoms with Crippen molar-refractivity contribution < 1.29 is 22.7 Å². The van der Waals surface area contributed by atoms with Gasteiger partial charge in [-0.25, -0.2) is 4.98 Å². The van der Waals surface area contributed by atoms with Crippen molar-refractivity contribution >= 4 is 5.91 Å². The highest BCUT2D eigenvalue weighted by molar-refractivity contribution is 5.79. The van der Waals surface area contributed by atoms with Crippen LogP contribution in [0.3, 0.4) is 0 Å². The topological polar surface area (TPSA) is 55.3 Å². The summed E-state index contributed by atoms with van der Waals surface area (Å²) in [4.78, 5) is 21.9. The highest BCUT2D eigenvalue weighted by atomic mass is 19.4. The highest BCUT2D eigenvalue weighted by Gasteiger charge is 2.31. The number of aromatic nitrogens is 2. The van der Waals surface area contributed by atoms with Crippen LogP contribution in [0.5, 0.6) is 5.88 Å². The Hall–Kier alpha value is -2.64. The Kier molecular flexibility index (Phi) is 4.87. The smallest absolute Gasteiger partial charge is 0.416 e. The third-order valence-corrected chi connectivity index (χ3v) is 3.96. The Morgan fingerprint density at radius 2 is 2.00 bits per heavy atom. The van der Waals surface area contributed by atoms with Crippen LogP contribution in [-0.4, -0.2) is 40.0 Å². The molecule has 1 atom stereocenters. The second kappa shape index (κ2) is 7.08. The maximum absolute atomic E-state index is 12.6. The van der Waals surface area contributed by atoms with Gasteiger partial charge in [-0.15, -0.1) is 0 Å². The molecule has 2 aromatic rings. The van der Waals surface area contributed by atoms with Crippen LogP contribution in [0.1, 0.15) is 17.5 Å². The molecule has 132 valence electrons. The molecule has 1 aromatic heterocycles. The van der Waals surface area contributed by atoms with E-state index < -0.39 is 11.7 Å². The highest BCUT2D eigenvalue weighted by Crippen LogP contribution is 2.29. The van der Waals surface area contributed by atoms with Crippen LogP contribution in [-0.2, 0) is 17.4 Å². The molecule has 0 radical (unpaired) electrons. The number of hydrogen-bond acceptors (Lipinski definition) is 4. The van der Waals surface area contributed by atoms with Crippen molar-refractivity contribution in [2.75, 3.05) is 13.1 Å². The van der Waals surface area contributed by atoms with E-state index in [0.29, 0.717) is 31.0 Å². The monoisotopic (exact) mass is 351 g/mol. The molecule has 8 heteroatoms. The molecule has 1 unspecified atom stereocenters. The SMILES string of the molecule is O=C(Cc1ccc(C(F)(F)F)cc1)N1CCC(Oc2cnccn2)C1. The summed E-state index contributed by atoms with van der Waals surface area (Å²) in [7, 11) is 0. The number of ether oxygens (including phenoxy) is 1. The minimum Gasteiger partial charge on any atom is -0.471 e. The summed E-state index contributed by atoms with van der Waals surface area (Å²) in [5, 5.41) is 0. The molecule has 1 amide bonds. The number of rotatable bonds is 4. The molecule has 2 heterocycles. The molecule has 0 bridgehead atoms. The van der Waals surface area contributed by atoms with Crippen LogP contribution in [0.4, 0.5) is 13.2 Å². The van der Waals surface area contributed by atoms with Crippen LogP contribution in [0.2, 0.25) is 0 Å². The fourth-order valence-electron chi connectivity index (χ4n) is 2.67. The first-order chi connectivity index (χ1) is 11.9. The summed E-state index contributed by atoms with van der Waals surface area (Å²) in [5.41, 5.74) is -0.168. The molecule has 1 aromatic carbocycles. The lowest BCUT2D eigenvalue weighted by atomic mass is 10.1. The van der Waals surface area contributed by atoms with Gasteiger partial charge in [0.15, 0.2) is 0 Å². The van der Waals surface area contributed by atoms with E-state index in [1.807, 2.05) is 0 Å². The van der Waals surface area contributed by atoms with Crippen LogP contribution in [0, 0.1) is 0 Å². The molecule has 0 saturated carbocycles. The van der Waals surface area contributed by atoms with Crippen LogP contribution >= 0.6 is 0 Å². The first kappa shape index (κ1) is 17.2. The van der Waals surface area contributed by atoms with Crippen molar-refractivity contribution in [1.82, 2.24) is 14.9 Å². The minimum atomic E-state index is -4.37. The molecule has 0 N–H and O–H groups in total. The van der Waals surface area contributed by atoms with Crippen molar-refractivity contribution in [3.63, 3.8) is 0 Å². The fraction of sp³-hybridized carbons (Fsp3) is 0.353. The van der Waals surface area contributed by atoms with E-state index >= 15 is 0 Å². The maximum Gasteiger partial charge on any atom is 0.416 e. The van der Waals surface area contributed by atoms with Gasteiger partial charge in [0.1, 0.15) is 6.10 Å². The quantitative estimate of drug-likeness (QED) is 0.850. The molecule has 1 saturated heterocycles. The first-order valence-corrected chi connectivity index (χ1v) is 7.78. The Balaban J connectivity index is 1.54. The molecule has 0 spiro atoms. The Labute approximate surface area is 142 Å². The number of halogens is 3. The van der Waals surface area contributed by atoms with Crippen LogP contribution in [0.25, 0.3) is 0 Å². The van der Waals surface area contributed by atoms with E-state index in [-0.39, 0.29) is 18.4 Å². The van der Waals surface area contributed by atoms with Gasteiger partial charge in [-0.05, 0) is 17.7 Å². The Morgan fingerprint density at radius 3 is 2.64 bits per heavy atom. The number of carbonyl (C=O) groups is 1. The zero-order valence-electron chi connectivity index (χ0n) is 13.2. The summed E-state index contributed by atoms with van der Waals surface area (Å²) in [6, 6.07) is 4.66. The van der Waals surface area contributed by atoms with E-state index in [1.165, 1.54) is 24.5 Å². The van der Waals surface area contributed by atoms with Gasteiger partial charge in [-0.3, -0.25) is 9.78 Å². The van der Waals surface area contributed by atoms with Crippen molar-refractivity contribution in [3.05, 3.63) is 54.0 Å². The van der Waals surface area contributed by atoms with Gasteiger partial charge >= 0.3 is 6.18 Å². The lowest BCUT2D eigenvalue weighted by Gasteiger charge is -2.17. The fourth-order valence-corrected chi connectivity index (χ4v) is 2.67. The van der Waals surface area contributed by atoms with Gasteiger partial charge in [-0.1, -0.05) is 12.1 Å². The van der Waals surface area contributed by atoms with Gasteiger partial charge in [0.05, 0.1) is 24.7 Å². The van der Waals surface area contributed by atoms with Crippen molar-refractivity contribution in [2.45, 2.75) is 25.1 Å². The second-order valence-corrected chi connectivity index (χ2v) is 5.78. The van der Waals surface area contributed by atoms with Gasteiger partial charge in [0, 0.05) is 25.4 Å².